The van der Waals surface area contributed by atoms with Gasteiger partial charge in [-0.05, 0) is 51.8 Å². The van der Waals surface area contributed by atoms with E-state index in [9.17, 15) is 17.6 Å². The Hall–Kier alpha value is -3.28. The Balaban J connectivity index is 1.37. The van der Waals surface area contributed by atoms with Crippen LogP contribution >= 0.6 is 0 Å². The number of benzene rings is 1. The van der Waals surface area contributed by atoms with E-state index in [1.807, 2.05) is 25.7 Å². The molecule has 12 heteroatoms. The van der Waals surface area contributed by atoms with Crippen molar-refractivity contribution in [3.8, 4) is 11.6 Å². The van der Waals surface area contributed by atoms with Crippen molar-refractivity contribution in [2.75, 3.05) is 6.26 Å². The van der Waals surface area contributed by atoms with Crippen molar-refractivity contribution in [1.29, 1.82) is 0 Å². The lowest BCUT2D eigenvalue weighted by molar-refractivity contribution is -0.00741. The maximum Gasteiger partial charge on any atom is 0.410 e. The number of halogens is 1. The molecule has 2 atom stereocenters. The molecule has 36 heavy (non-hydrogen) atoms. The molecule has 0 unspecified atom stereocenters. The van der Waals surface area contributed by atoms with Gasteiger partial charge in [-0.25, -0.2) is 32.3 Å². The monoisotopic (exact) mass is 517 g/mol. The maximum atomic E-state index is 14.8. The topological polar surface area (TPSA) is 117 Å². The normalized spacial score (nSPS) is 22.1. The molecule has 2 fully saturated rings. The summed E-state index contributed by atoms with van der Waals surface area (Å²) < 4.78 is 51.4. The molecule has 2 aromatic heterocycles. The van der Waals surface area contributed by atoms with Crippen molar-refractivity contribution >= 4 is 27.0 Å². The number of nitrogens with zero attached hydrogens (tertiary/aromatic N) is 5. The van der Waals surface area contributed by atoms with Gasteiger partial charge in [0.25, 0.3) is 0 Å². The third-order valence-corrected chi connectivity index (χ3v) is 7.59. The number of carbonyl (C=O) groups excluding carboxylic acids is 1. The van der Waals surface area contributed by atoms with Crippen LogP contribution in [0, 0.1) is 5.82 Å². The van der Waals surface area contributed by atoms with Crippen LogP contribution in [0.1, 0.15) is 46.5 Å². The maximum absolute atomic E-state index is 14.8. The third kappa shape index (κ3) is 4.61. The van der Waals surface area contributed by atoms with Crippen molar-refractivity contribution in [3.05, 3.63) is 36.5 Å². The van der Waals surface area contributed by atoms with Gasteiger partial charge in [-0.2, -0.15) is 5.10 Å². The van der Waals surface area contributed by atoms with Crippen LogP contribution in [-0.4, -0.2) is 69.2 Å². The largest absolute Gasteiger partial charge is 0.474 e. The first-order valence-corrected chi connectivity index (χ1v) is 13.7. The minimum atomic E-state index is -3.55. The standard InChI is InChI=1S/C24H28FN5O5S/c1-24(2,3)35-23(31)29-14-5-6-15(29)10-16(9-14)34-22-18-12-28-30(21(18)26-13-27-22)20-8-7-17(11-19(20)25)36(4,32)33/h7-8,11-16H,5-6,9-10H2,1-4H3/t14-,15-/m0/s1. The third-order valence-electron chi connectivity index (χ3n) is 6.48. The van der Waals surface area contributed by atoms with E-state index in [4.69, 9.17) is 9.47 Å². The highest BCUT2D eigenvalue weighted by Crippen LogP contribution is 2.39. The zero-order valence-electron chi connectivity index (χ0n) is 20.5. The summed E-state index contributed by atoms with van der Waals surface area (Å²) in [4.78, 5) is 23.0. The molecule has 0 saturated carbocycles. The molecule has 0 N–H and O–H groups in total. The number of carbonyl (C=O) groups is 1. The second-order valence-corrected chi connectivity index (χ2v) is 12.4. The molecule has 192 valence electrons. The summed E-state index contributed by atoms with van der Waals surface area (Å²) >= 11 is 0. The first-order chi connectivity index (χ1) is 16.9. The van der Waals surface area contributed by atoms with E-state index in [2.05, 4.69) is 15.1 Å². The summed E-state index contributed by atoms with van der Waals surface area (Å²) in [7, 11) is -3.55. The van der Waals surface area contributed by atoms with Crippen LogP contribution in [0.5, 0.6) is 5.88 Å². The van der Waals surface area contributed by atoms with Crippen molar-refractivity contribution in [3.63, 3.8) is 0 Å². The van der Waals surface area contributed by atoms with Crippen LogP contribution in [0.4, 0.5) is 9.18 Å². The number of ether oxygens (including phenoxy) is 2. The number of sulfone groups is 1. The van der Waals surface area contributed by atoms with Crippen LogP contribution < -0.4 is 4.74 Å². The Morgan fingerprint density at radius 3 is 2.44 bits per heavy atom. The Bertz CT molecular complexity index is 1420. The zero-order chi connectivity index (χ0) is 25.8. The van der Waals surface area contributed by atoms with Gasteiger partial charge >= 0.3 is 6.09 Å². The van der Waals surface area contributed by atoms with Gasteiger partial charge in [0.05, 0.1) is 11.1 Å². The lowest BCUT2D eigenvalue weighted by Crippen LogP contribution is -2.50. The SMILES string of the molecule is CC(C)(C)OC(=O)N1[C@H]2CC[C@H]1CC(Oc1ncnc3c1cnn3-c1ccc(S(C)(=O)=O)cc1F)C2. The first kappa shape index (κ1) is 24.4. The van der Waals surface area contributed by atoms with Crippen LogP contribution in [-0.2, 0) is 14.6 Å². The average molecular weight is 518 g/mol. The number of fused-ring (bicyclic) bond motifs is 3. The molecule has 5 rings (SSSR count). The van der Waals surface area contributed by atoms with Gasteiger partial charge in [-0.15, -0.1) is 0 Å². The number of hydrogen-bond acceptors (Lipinski definition) is 8. The Labute approximate surface area is 208 Å². The molecule has 0 spiro atoms. The summed E-state index contributed by atoms with van der Waals surface area (Å²) in [5.41, 5.74) is -0.160. The molecule has 1 amide bonds. The van der Waals surface area contributed by atoms with Crippen LogP contribution in [0.15, 0.2) is 35.6 Å². The van der Waals surface area contributed by atoms with E-state index < -0.39 is 21.3 Å². The minimum absolute atomic E-state index is 0.0334. The summed E-state index contributed by atoms with van der Waals surface area (Å²) in [5.74, 6) is -0.412. The molecule has 4 heterocycles. The lowest BCUT2D eigenvalue weighted by Gasteiger charge is -2.39. The molecule has 3 aromatic rings. The van der Waals surface area contributed by atoms with Gasteiger partial charge < -0.3 is 14.4 Å². The molecule has 2 aliphatic heterocycles. The predicted molar refractivity (Wildman–Crippen MR) is 128 cm³/mol. The highest BCUT2D eigenvalue weighted by atomic mass is 32.2. The Morgan fingerprint density at radius 1 is 1.14 bits per heavy atom. The van der Waals surface area contributed by atoms with Gasteiger partial charge in [-0.3, -0.25) is 0 Å². The van der Waals surface area contributed by atoms with Crippen molar-refractivity contribution in [2.24, 2.45) is 0 Å². The van der Waals surface area contributed by atoms with E-state index in [1.54, 1.807) is 0 Å². The Morgan fingerprint density at radius 2 is 1.83 bits per heavy atom. The zero-order valence-corrected chi connectivity index (χ0v) is 21.3. The van der Waals surface area contributed by atoms with E-state index in [0.717, 1.165) is 25.2 Å². The van der Waals surface area contributed by atoms with Crippen LogP contribution in [0.25, 0.3) is 16.7 Å². The molecule has 2 saturated heterocycles. The van der Waals surface area contributed by atoms with E-state index in [-0.39, 0.29) is 34.9 Å². The number of piperidine rings is 1. The van der Waals surface area contributed by atoms with Gasteiger partial charge in [0.1, 0.15) is 34.9 Å². The van der Waals surface area contributed by atoms with Crippen molar-refractivity contribution in [2.45, 2.75) is 75.1 Å². The van der Waals surface area contributed by atoms with Crippen LogP contribution in [0.3, 0.4) is 0 Å². The Kier molecular flexibility index (Phi) is 5.89. The number of rotatable bonds is 4. The second-order valence-electron chi connectivity index (χ2n) is 10.3. The molecule has 2 aliphatic rings. The van der Waals surface area contributed by atoms with E-state index in [0.29, 0.717) is 29.8 Å². The first-order valence-electron chi connectivity index (χ1n) is 11.8. The van der Waals surface area contributed by atoms with Gasteiger partial charge in [0.2, 0.25) is 5.88 Å². The minimum Gasteiger partial charge on any atom is -0.474 e. The number of amides is 1. The van der Waals surface area contributed by atoms with Gasteiger partial charge in [-0.1, -0.05) is 0 Å². The summed E-state index contributed by atoms with van der Waals surface area (Å²) in [5, 5.41) is 4.76. The predicted octanol–water partition coefficient (Wildman–Crippen LogP) is 3.67. The molecular weight excluding hydrogens is 489 g/mol. The number of aromatic nitrogens is 4. The highest BCUT2D eigenvalue weighted by molar-refractivity contribution is 7.90. The fourth-order valence-electron chi connectivity index (χ4n) is 4.98. The van der Waals surface area contributed by atoms with Crippen LogP contribution in [0.2, 0.25) is 0 Å². The summed E-state index contributed by atoms with van der Waals surface area (Å²) in [6.45, 7) is 5.57. The van der Waals surface area contributed by atoms with E-state index >= 15 is 0 Å². The fourth-order valence-corrected chi connectivity index (χ4v) is 5.61. The van der Waals surface area contributed by atoms with Crippen molar-refractivity contribution in [1.82, 2.24) is 24.6 Å². The van der Waals surface area contributed by atoms with Gasteiger partial charge in [0.15, 0.2) is 15.5 Å². The quantitative estimate of drug-likeness (QED) is 0.515. The molecule has 0 aliphatic carbocycles. The van der Waals surface area contributed by atoms with Crippen molar-refractivity contribution < 1.29 is 27.1 Å². The molecule has 0 radical (unpaired) electrons. The fraction of sp³-hybridized carbons (Fsp3) is 0.500. The lowest BCUT2D eigenvalue weighted by atomic mass is 10.00. The molecule has 2 bridgehead atoms. The average Bonchev–Trinajstić information content (AvgIpc) is 3.31. The summed E-state index contributed by atoms with van der Waals surface area (Å²) in [6, 6.07) is 3.71. The number of hydrogen-bond donors (Lipinski definition) is 0. The molecule has 1 aromatic carbocycles. The molecular formula is C24H28FN5O5S. The van der Waals surface area contributed by atoms with Gasteiger partial charge in [0, 0.05) is 31.2 Å². The molecule has 10 nitrogen and oxygen atoms in total. The second kappa shape index (κ2) is 8.68. The van der Waals surface area contributed by atoms with E-state index in [1.165, 1.54) is 29.3 Å². The highest BCUT2D eigenvalue weighted by Gasteiger charge is 2.45. The smallest absolute Gasteiger partial charge is 0.410 e. The summed E-state index contributed by atoms with van der Waals surface area (Å²) in [6.07, 6.45) is 6.48.